The van der Waals surface area contributed by atoms with Gasteiger partial charge in [0.15, 0.2) is 0 Å². The number of carbonyl (C=O) groups is 1. The van der Waals surface area contributed by atoms with E-state index in [-0.39, 0.29) is 23.2 Å². The quantitative estimate of drug-likeness (QED) is 0.608. The second-order valence-electron chi connectivity index (χ2n) is 7.49. The third kappa shape index (κ3) is 4.11. The van der Waals surface area contributed by atoms with Crippen molar-refractivity contribution in [2.24, 2.45) is 5.92 Å². The second kappa shape index (κ2) is 8.77. The zero-order valence-corrected chi connectivity index (χ0v) is 16.5. The summed E-state index contributed by atoms with van der Waals surface area (Å²) in [6.07, 6.45) is -0.559. The Bertz CT molecular complexity index is 1190. The van der Waals surface area contributed by atoms with Gasteiger partial charge in [-0.2, -0.15) is 8.96 Å². The summed E-state index contributed by atoms with van der Waals surface area (Å²) in [7, 11) is 0. The molecule has 0 saturated heterocycles. The molecule has 3 aromatic rings. The summed E-state index contributed by atoms with van der Waals surface area (Å²) in [6.45, 7) is 0.478. The van der Waals surface area contributed by atoms with Gasteiger partial charge in [-0.1, -0.05) is 48.5 Å². The number of carbonyl (C=O) groups excluding carboxylic acids is 1. The lowest BCUT2D eigenvalue weighted by molar-refractivity contribution is -0.0321. The maximum atomic E-state index is 14.8. The fourth-order valence-electron chi connectivity index (χ4n) is 3.69. The minimum Gasteiger partial charge on any atom is -0.376 e. The summed E-state index contributed by atoms with van der Waals surface area (Å²) < 4.78 is 35.6. The molecule has 1 heterocycles. The molecule has 1 fully saturated rings. The maximum Gasteiger partial charge on any atom is 0.338 e. The Morgan fingerprint density at radius 1 is 1.03 bits per heavy atom. The first-order valence-corrected chi connectivity index (χ1v) is 9.86. The lowest BCUT2D eigenvalue weighted by atomic mass is 9.78. The van der Waals surface area contributed by atoms with Crippen LogP contribution in [0.2, 0.25) is 0 Å². The van der Waals surface area contributed by atoms with Crippen molar-refractivity contribution in [1.29, 1.82) is 0 Å². The van der Waals surface area contributed by atoms with Crippen molar-refractivity contribution in [3.8, 4) is 0 Å². The van der Waals surface area contributed by atoms with Gasteiger partial charge < -0.3 is 4.74 Å². The number of hydrogen-bond acceptors (Lipinski definition) is 4. The van der Waals surface area contributed by atoms with Crippen LogP contribution in [-0.4, -0.2) is 27.8 Å². The molecule has 4 rings (SSSR count). The number of ether oxygens (including phenoxy) is 1. The largest absolute Gasteiger partial charge is 0.376 e. The van der Waals surface area contributed by atoms with Gasteiger partial charge in [-0.15, -0.1) is 0 Å². The van der Waals surface area contributed by atoms with E-state index in [2.05, 4.69) is 0 Å². The Labute approximate surface area is 176 Å². The molecule has 0 bridgehead atoms. The zero-order valence-electron chi connectivity index (χ0n) is 16.5. The summed E-state index contributed by atoms with van der Waals surface area (Å²) in [4.78, 5) is 37.5. The van der Waals surface area contributed by atoms with E-state index in [1.165, 1.54) is 12.1 Å². The van der Waals surface area contributed by atoms with Crippen LogP contribution in [0.25, 0.3) is 0 Å². The Kier molecular flexibility index (Phi) is 5.90. The number of benzene rings is 2. The van der Waals surface area contributed by atoms with Gasteiger partial charge in [0.25, 0.3) is 11.5 Å². The van der Waals surface area contributed by atoms with Crippen molar-refractivity contribution in [2.45, 2.75) is 25.2 Å². The molecule has 1 aromatic heterocycles. The Hall–Kier alpha value is -3.39. The number of alkyl halides is 1. The fraction of sp³-hybridized carbons (Fsp3) is 0.261. The van der Waals surface area contributed by atoms with Crippen molar-refractivity contribution in [1.82, 2.24) is 9.13 Å². The molecule has 160 valence electrons. The zero-order chi connectivity index (χ0) is 22.0. The lowest BCUT2D eigenvalue weighted by Gasteiger charge is -2.40. The molecule has 2 aromatic carbocycles. The van der Waals surface area contributed by atoms with Crippen LogP contribution >= 0.6 is 0 Å². The lowest BCUT2D eigenvalue weighted by Crippen LogP contribution is -2.51. The van der Waals surface area contributed by atoms with Crippen LogP contribution < -0.4 is 11.2 Å². The van der Waals surface area contributed by atoms with Crippen LogP contribution in [0.4, 0.5) is 8.78 Å². The van der Waals surface area contributed by atoms with Gasteiger partial charge in [0, 0.05) is 11.5 Å². The number of hydrogen-bond donors (Lipinski definition) is 0. The summed E-state index contributed by atoms with van der Waals surface area (Å²) in [5, 5.41) is 0. The molecule has 1 aliphatic rings. The SMILES string of the molecule is O=C(c1ccccc1)n1c(=O)c(F)cn([C@H]2C[C@H](COCc3ccccc3)[C@H]2F)c1=O. The van der Waals surface area contributed by atoms with E-state index in [0.29, 0.717) is 12.8 Å². The van der Waals surface area contributed by atoms with Gasteiger partial charge in [0.1, 0.15) is 6.17 Å². The van der Waals surface area contributed by atoms with Gasteiger partial charge in [-0.3, -0.25) is 14.2 Å². The molecular weight excluding hydrogens is 406 g/mol. The molecule has 0 spiro atoms. The van der Waals surface area contributed by atoms with Crippen LogP contribution in [0.15, 0.2) is 76.4 Å². The van der Waals surface area contributed by atoms with E-state index in [9.17, 15) is 23.2 Å². The van der Waals surface area contributed by atoms with Gasteiger partial charge in [0.05, 0.1) is 25.5 Å². The van der Waals surface area contributed by atoms with Gasteiger partial charge in [-0.25, -0.2) is 9.18 Å². The summed E-state index contributed by atoms with van der Waals surface area (Å²) in [5.74, 6) is -2.71. The van der Waals surface area contributed by atoms with Crippen molar-refractivity contribution in [2.75, 3.05) is 6.61 Å². The number of halogens is 2. The minimum absolute atomic E-state index is 0.0523. The molecule has 3 atom stereocenters. The standard InChI is InChI=1S/C23H20F2N2O4/c24-18-12-26(23(30)27(22(18)29)21(28)16-9-5-2-6-10-16)19-11-17(20(19)25)14-31-13-15-7-3-1-4-8-15/h1-10,12,17,19-20H,11,13-14H2/t17-,19+,20-/m1/s1. The van der Waals surface area contributed by atoms with Crippen molar-refractivity contribution in [3.63, 3.8) is 0 Å². The van der Waals surface area contributed by atoms with E-state index in [1.807, 2.05) is 30.3 Å². The maximum absolute atomic E-state index is 14.8. The normalized spacial score (nSPS) is 20.3. The first-order chi connectivity index (χ1) is 15.0. The molecule has 1 aliphatic carbocycles. The summed E-state index contributed by atoms with van der Waals surface area (Å²) in [5.41, 5.74) is -1.40. The van der Waals surface area contributed by atoms with Gasteiger partial charge >= 0.3 is 5.69 Å². The number of nitrogens with zero attached hydrogens (tertiary/aromatic N) is 2. The molecule has 6 nitrogen and oxygen atoms in total. The van der Waals surface area contributed by atoms with E-state index < -0.39 is 41.1 Å². The van der Waals surface area contributed by atoms with Gasteiger partial charge in [0.2, 0.25) is 5.82 Å². The molecule has 0 aliphatic heterocycles. The number of aromatic nitrogens is 2. The van der Waals surface area contributed by atoms with Crippen molar-refractivity contribution < 1.29 is 18.3 Å². The smallest absolute Gasteiger partial charge is 0.338 e. The topological polar surface area (TPSA) is 70.3 Å². The molecule has 0 N–H and O–H groups in total. The van der Waals surface area contributed by atoms with E-state index >= 15 is 0 Å². The van der Waals surface area contributed by atoms with Crippen LogP contribution in [0.1, 0.15) is 28.4 Å². The highest BCUT2D eigenvalue weighted by Gasteiger charge is 2.44. The van der Waals surface area contributed by atoms with Gasteiger partial charge in [-0.05, 0) is 24.1 Å². The minimum atomic E-state index is -1.47. The fourth-order valence-corrected chi connectivity index (χ4v) is 3.69. The van der Waals surface area contributed by atoms with E-state index in [4.69, 9.17) is 4.74 Å². The average Bonchev–Trinajstić information content (AvgIpc) is 2.79. The molecule has 0 radical (unpaired) electrons. The molecular formula is C23H20F2N2O4. The van der Waals surface area contributed by atoms with Crippen molar-refractivity contribution in [3.05, 3.63) is 105 Å². The molecule has 0 amide bonds. The molecule has 31 heavy (non-hydrogen) atoms. The molecule has 1 saturated carbocycles. The van der Waals surface area contributed by atoms with Crippen LogP contribution in [-0.2, 0) is 11.3 Å². The van der Waals surface area contributed by atoms with E-state index in [1.54, 1.807) is 18.2 Å². The Morgan fingerprint density at radius 2 is 1.68 bits per heavy atom. The van der Waals surface area contributed by atoms with Crippen LogP contribution in [0, 0.1) is 11.7 Å². The molecule has 0 unspecified atom stereocenters. The molecule has 8 heteroatoms. The average molecular weight is 426 g/mol. The van der Waals surface area contributed by atoms with Crippen LogP contribution in [0.3, 0.4) is 0 Å². The second-order valence-corrected chi connectivity index (χ2v) is 7.49. The highest BCUT2D eigenvalue weighted by Crippen LogP contribution is 2.40. The Morgan fingerprint density at radius 3 is 2.32 bits per heavy atom. The van der Waals surface area contributed by atoms with Crippen molar-refractivity contribution >= 4 is 5.91 Å². The van der Waals surface area contributed by atoms with Crippen LogP contribution in [0.5, 0.6) is 0 Å². The summed E-state index contributed by atoms with van der Waals surface area (Å²) in [6, 6.07) is 16.0. The first kappa shape index (κ1) is 20.9. The third-order valence-corrected chi connectivity index (χ3v) is 5.46. The predicted molar refractivity (Wildman–Crippen MR) is 109 cm³/mol. The highest BCUT2D eigenvalue weighted by atomic mass is 19.1. The summed E-state index contributed by atoms with van der Waals surface area (Å²) >= 11 is 0. The predicted octanol–water partition coefficient (Wildman–Crippen LogP) is 2.95. The number of rotatable bonds is 6. The first-order valence-electron chi connectivity index (χ1n) is 9.86. The van der Waals surface area contributed by atoms with E-state index in [0.717, 1.165) is 10.1 Å². The monoisotopic (exact) mass is 426 g/mol. The highest BCUT2D eigenvalue weighted by molar-refractivity contribution is 5.95. The third-order valence-electron chi connectivity index (χ3n) is 5.46. The Balaban J connectivity index is 1.50.